The van der Waals surface area contributed by atoms with Crippen molar-refractivity contribution < 1.29 is 19.1 Å². The monoisotopic (exact) mass is 427 g/mol. The smallest absolute Gasteiger partial charge is 0.329 e. The van der Waals surface area contributed by atoms with Crippen LogP contribution in [0, 0.1) is 0 Å². The zero-order chi connectivity index (χ0) is 20.6. The summed E-state index contributed by atoms with van der Waals surface area (Å²) in [5, 5.41) is 5.15. The van der Waals surface area contributed by atoms with Crippen molar-refractivity contribution in [1.82, 2.24) is 0 Å². The van der Waals surface area contributed by atoms with Crippen LogP contribution >= 0.6 is 22.9 Å². The van der Waals surface area contributed by atoms with E-state index in [0.717, 1.165) is 0 Å². The van der Waals surface area contributed by atoms with Crippen molar-refractivity contribution in [2.24, 2.45) is 0 Å². The van der Waals surface area contributed by atoms with Crippen LogP contribution in [-0.2, 0) is 9.53 Å². The van der Waals surface area contributed by atoms with E-state index in [1.54, 1.807) is 72.1 Å². The van der Waals surface area contributed by atoms with Gasteiger partial charge in [-0.1, -0.05) is 60.1 Å². The predicted molar refractivity (Wildman–Crippen MR) is 114 cm³/mol. The Morgan fingerprint density at radius 1 is 0.931 bits per heavy atom. The first-order chi connectivity index (χ1) is 14.0. The average molecular weight is 428 g/mol. The van der Waals surface area contributed by atoms with Gasteiger partial charge in [-0.25, -0.2) is 4.79 Å². The van der Waals surface area contributed by atoms with Crippen molar-refractivity contribution >= 4 is 46.2 Å². The van der Waals surface area contributed by atoms with Crippen LogP contribution in [0.3, 0.4) is 0 Å². The van der Waals surface area contributed by atoms with Gasteiger partial charge in [0.15, 0.2) is 12.4 Å². The van der Waals surface area contributed by atoms with Gasteiger partial charge >= 0.3 is 5.97 Å². The molecule has 1 aromatic heterocycles. The first-order valence-corrected chi connectivity index (χ1v) is 10.1. The highest BCUT2D eigenvalue weighted by atomic mass is 35.5. The number of carbonyl (C=O) groups is 3. The van der Waals surface area contributed by atoms with Gasteiger partial charge in [0, 0.05) is 12.0 Å². The van der Waals surface area contributed by atoms with E-state index in [2.05, 4.69) is 5.32 Å². The average Bonchev–Trinajstić information content (AvgIpc) is 3.28. The van der Waals surface area contributed by atoms with Gasteiger partial charge in [-0.3, -0.25) is 9.59 Å². The summed E-state index contributed by atoms with van der Waals surface area (Å²) in [6.45, 7) is -0.389. The highest BCUT2D eigenvalue weighted by Crippen LogP contribution is 2.23. The van der Waals surface area contributed by atoms with Crippen LogP contribution < -0.4 is 5.32 Å². The summed E-state index contributed by atoms with van der Waals surface area (Å²) in [7, 11) is 0. The van der Waals surface area contributed by atoms with Crippen molar-refractivity contribution in [3.63, 3.8) is 0 Å². The lowest BCUT2D eigenvalue weighted by atomic mass is 10.0. The summed E-state index contributed by atoms with van der Waals surface area (Å²) in [5.41, 5.74) is 0.988. The summed E-state index contributed by atoms with van der Waals surface area (Å²) in [5.74, 6) is -1.21. The van der Waals surface area contributed by atoms with Crippen molar-refractivity contribution in [1.29, 1.82) is 0 Å². The van der Waals surface area contributed by atoms with Gasteiger partial charge in [0.25, 0.3) is 0 Å². The van der Waals surface area contributed by atoms with Gasteiger partial charge in [-0.15, -0.1) is 11.3 Å². The second kappa shape index (κ2) is 10.0. The maximum absolute atomic E-state index is 12.7. The summed E-state index contributed by atoms with van der Waals surface area (Å²) in [6, 6.07) is 18.0. The number of halogens is 1. The third-order valence-corrected chi connectivity index (χ3v) is 5.36. The number of benzene rings is 2. The molecule has 7 heteroatoms. The van der Waals surface area contributed by atoms with E-state index in [-0.39, 0.29) is 24.6 Å². The fourth-order valence-corrected chi connectivity index (χ4v) is 3.47. The van der Waals surface area contributed by atoms with E-state index < -0.39 is 12.0 Å². The third kappa shape index (κ3) is 5.76. The fourth-order valence-electron chi connectivity index (χ4n) is 2.63. The molecule has 0 saturated carbocycles. The minimum Gasteiger partial charge on any atom is -0.456 e. The number of hydrogen-bond acceptors (Lipinski definition) is 6. The van der Waals surface area contributed by atoms with E-state index >= 15 is 0 Å². The lowest BCUT2D eigenvalue weighted by Crippen LogP contribution is -2.35. The molecule has 2 aromatic carbocycles. The summed E-state index contributed by atoms with van der Waals surface area (Å²) < 4.78 is 5.20. The molecule has 0 saturated heterocycles. The first-order valence-electron chi connectivity index (χ1n) is 8.87. The number of hydrogen-bond donors (Lipinski definition) is 1. The number of esters is 1. The van der Waals surface area contributed by atoms with Crippen LogP contribution in [0.15, 0.2) is 72.1 Å². The Bertz CT molecular complexity index is 989. The van der Waals surface area contributed by atoms with Crippen LogP contribution in [0.2, 0.25) is 5.02 Å². The quantitative estimate of drug-likeness (QED) is 0.389. The summed E-state index contributed by atoms with van der Waals surface area (Å²) in [6.07, 6.45) is -0.138. The third-order valence-electron chi connectivity index (χ3n) is 4.11. The normalized spacial score (nSPS) is 11.5. The molecule has 1 N–H and O–H groups in total. The number of thiophene rings is 1. The van der Waals surface area contributed by atoms with Gasteiger partial charge in [0.1, 0.15) is 6.04 Å². The van der Waals surface area contributed by atoms with Gasteiger partial charge in [0.05, 0.1) is 15.6 Å². The number of rotatable bonds is 9. The molecule has 1 atom stereocenters. The lowest BCUT2D eigenvalue weighted by molar-refractivity contribution is -0.143. The van der Waals surface area contributed by atoms with Crippen LogP contribution in [0.4, 0.5) is 5.69 Å². The minimum atomic E-state index is -0.987. The van der Waals surface area contributed by atoms with E-state index in [1.807, 2.05) is 0 Å². The number of anilines is 1. The Morgan fingerprint density at radius 3 is 2.34 bits per heavy atom. The number of nitrogens with one attached hydrogen (secondary N) is 1. The van der Waals surface area contributed by atoms with Gasteiger partial charge in [0.2, 0.25) is 5.78 Å². The molecule has 29 heavy (non-hydrogen) atoms. The first kappa shape index (κ1) is 20.8. The van der Waals surface area contributed by atoms with Crippen molar-refractivity contribution in [3.05, 3.63) is 87.6 Å². The predicted octanol–water partition coefficient (Wildman–Crippen LogP) is 4.88. The highest BCUT2D eigenvalue weighted by molar-refractivity contribution is 7.12. The Balaban J connectivity index is 1.72. The molecule has 0 fully saturated rings. The van der Waals surface area contributed by atoms with E-state index in [1.165, 1.54) is 11.3 Å². The Morgan fingerprint density at radius 2 is 1.66 bits per heavy atom. The fraction of sp³-hybridized carbons (Fsp3) is 0.136. The molecule has 3 rings (SSSR count). The van der Waals surface area contributed by atoms with Gasteiger partial charge < -0.3 is 10.1 Å². The van der Waals surface area contributed by atoms with Crippen LogP contribution in [0.5, 0.6) is 0 Å². The maximum Gasteiger partial charge on any atom is 0.329 e. The van der Waals surface area contributed by atoms with Crippen molar-refractivity contribution in [2.75, 3.05) is 11.9 Å². The molecule has 1 heterocycles. The highest BCUT2D eigenvalue weighted by Gasteiger charge is 2.25. The van der Waals surface area contributed by atoms with Crippen molar-refractivity contribution in [2.45, 2.75) is 12.5 Å². The second-order valence-corrected chi connectivity index (χ2v) is 7.53. The molecule has 0 aliphatic rings. The zero-order valence-corrected chi connectivity index (χ0v) is 16.9. The SMILES string of the molecule is O=C(C[C@@H](Nc1ccccc1Cl)C(=O)OCC(=O)c1cccs1)c1ccccc1. The van der Waals surface area contributed by atoms with Crippen LogP contribution in [0.1, 0.15) is 26.5 Å². The molecule has 3 aromatic rings. The molecule has 0 spiro atoms. The number of carbonyl (C=O) groups excluding carboxylic acids is 3. The molecule has 5 nitrogen and oxygen atoms in total. The summed E-state index contributed by atoms with van der Waals surface area (Å²) >= 11 is 7.44. The summed E-state index contributed by atoms with van der Waals surface area (Å²) in [4.78, 5) is 37.9. The molecule has 148 valence electrons. The Labute approximate surface area is 177 Å². The molecular weight excluding hydrogens is 410 g/mol. The molecular formula is C22H18ClNO4S. The van der Waals surface area contributed by atoms with Gasteiger partial charge in [-0.05, 0) is 23.6 Å². The molecule has 0 unspecified atom stereocenters. The maximum atomic E-state index is 12.7. The number of para-hydroxylation sites is 1. The molecule has 0 amide bonds. The van der Waals surface area contributed by atoms with Gasteiger partial charge in [-0.2, -0.15) is 0 Å². The number of ether oxygens (including phenoxy) is 1. The topological polar surface area (TPSA) is 72.5 Å². The Hall–Kier alpha value is -2.96. The largest absolute Gasteiger partial charge is 0.456 e. The molecule has 0 aliphatic carbocycles. The minimum absolute atomic E-state index is 0.138. The zero-order valence-electron chi connectivity index (χ0n) is 15.3. The second-order valence-electron chi connectivity index (χ2n) is 6.18. The van der Waals surface area contributed by atoms with E-state index in [4.69, 9.17) is 16.3 Å². The number of ketones is 2. The van der Waals surface area contributed by atoms with Crippen molar-refractivity contribution in [3.8, 4) is 0 Å². The van der Waals surface area contributed by atoms with Crippen LogP contribution in [0.25, 0.3) is 0 Å². The molecule has 0 radical (unpaired) electrons. The molecule has 0 bridgehead atoms. The standard InChI is InChI=1S/C22H18ClNO4S/c23-16-9-4-5-10-17(16)24-18(13-19(25)15-7-2-1-3-8-15)22(27)28-14-20(26)21-11-6-12-29-21/h1-12,18,24H,13-14H2/t18-/m1/s1. The van der Waals surface area contributed by atoms with E-state index in [0.29, 0.717) is 21.2 Å². The van der Waals surface area contributed by atoms with Crippen LogP contribution in [-0.4, -0.2) is 30.2 Å². The Kier molecular flexibility index (Phi) is 7.16. The van der Waals surface area contributed by atoms with E-state index in [9.17, 15) is 14.4 Å². The number of Topliss-reactive ketones (excluding diaryl/α,β-unsaturated/α-hetero) is 2. The molecule has 0 aliphatic heterocycles. The lowest BCUT2D eigenvalue weighted by Gasteiger charge is -2.19.